The van der Waals surface area contributed by atoms with Crippen LogP contribution in [0.3, 0.4) is 0 Å². The Morgan fingerprint density at radius 3 is 2.28 bits per heavy atom. The van der Waals surface area contributed by atoms with Gasteiger partial charge >= 0.3 is 0 Å². The summed E-state index contributed by atoms with van der Waals surface area (Å²) in [6.45, 7) is 3.20. The minimum Gasteiger partial charge on any atom is -0.340 e. The van der Waals surface area contributed by atoms with E-state index in [0.29, 0.717) is 0 Å². The van der Waals surface area contributed by atoms with Crippen LogP contribution < -0.4 is 5.43 Å². The molecule has 2 heteroatoms. The molecular weight excluding hydrogens is 306 g/mol. The summed E-state index contributed by atoms with van der Waals surface area (Å²) >= 11 is 0. The van der Waals surface area contributed by atoms with E-state index >= 15 is 0 Å². The first-order valence-corrected chi connectivity index (χ1v) is 9.49. The van der Waals surface area contributed by atoms with Crippen molar-refractivity contribution in [3.05, 3.63) is 70.9 Å². The molecule has 3 rings (SSSR count). The number of nitrogens with zero attached hydrogens (tertiary/aromatic N) is 1. The SMILES string of the molecule is CCCCCCCCn1c(-c2ccccc2)cc(=O)c2ccccc21. The van der Waals surface area contributed by atoms with Crippen molar-refractivity contribution >= 4 is 10.9 Å². The number of pyridine rings is 1. The van der Waals surface area contributed by atoms with Gasteiger partial charge in [0.15, 0.2) is 5.43 Å². The molecule has 0 unspecified atom stereocenters. The standard InChI is InChI=1S/C23H27NO/c1-2-3-4-5-6-12-17-24-21-16-11-10-15-20(21)23(25)18-22(24)19-13-8-7-9-14-19/h7-11,13-16,18H,2-6,12,17H2,1H3. The van der Waals surface area contributed by atoms with Gasteiger partial charge in [-0.05, 0) is 24.1 Å². The minimum absolute atomic E-state index is 0.105. The van der Waals surface area contributed by atoms with Gasteiger partial charge in [0.25, 0.3) is 0 Å². The van der Waals surface area contributed by atoms with Crippen LogP contribution in [0, 0.1) is 0 Å². The molecule has 0 N–H and O–H groups in total. The molecule has 0 bridgehead atoms. The molecule has 0 aliphatic carbocycles. The van der Waals surface area contributed by atoms with Crippen molar-refractivity contribution in [2.75, 3.05) is 0 Å². The molecular formula is C23H27NO. The van der Waals surface area contributed by atoms with E-state index in [4.69, 9.17) is 0 Å². The van der Waals surface area contributed by atoms with Crippen molar-refractivity contribution in [2.45, 2.75) is 52.0 Å². The number of para-hydroxylation sites is 1. The number of fused-ring (bicyclic) bond motifs is 1. The quantitative estimate of drug-likeness (QED) is 0.461. The van der Waals surface area contributed by atoms with E-state index in [0.717, 1.165) is 35.1 Å². The number of aryl methyl sites for hydroxylation is 1. The second-order valence-corrected chi connectivity index (χ2v) is 6.70. The summed E-state index contributed by atoms with van der Waals surface area (Å²) in [7, 11) is 0. The van der Waals surface area contributed by atoms with E-state index < -0.39 is 0 Å². The molecule has 0 spiro atoms. The lowest BCUT2D eigenvalue weighted by atomic mass is 10.1. The molecule has 3 aromatic rings. The Bertz CT molecular complexity index is 864. The molecule has 0 amide bonds. The summed E-state index contributed by atoms with van der Waals surface area (Å²) in [4.78, 5) is 12.6. The number of unbranched alkanes of at least 4 members (excludes halogenated alkanes) is 5. The number of hydrogen-bond donors (Lipinski definition) is 0. The van der Waals surface area contributed by atoms with E-state index in [2.05, 4.69) is 29.7 Å². The van der Waals surface area contributed by atoms with Crippen LogP contribution in [-0.2, 0) is 6.54 Å². The monoisotopic (exact) mass is 333 g/mol. The Morgan fingerprint density at radius 2 is 1.48 bits per heavy atom. The number of hydrogen-bond acceptors (Lipinski definition) is 1. The van der Waals surface area contributed by atoms with Crippen LogP contribution in [-0.4, -0.2) is 4.57 Å². The van der Waals surface area contributed by atoms with Crippen LogP contribution in [0.25, 0.3) is 22.2 Å². The fourth-order valence-electron chi connectivity index (χ4n) is 3.47. The first-order valence-electron chi connectivity index (χ1n) is 9.49. The molecule has 2 aromatic carbocycles. The van der Waals surface area contributed by atoms with Gasteiger partial charge in [-0.15, -0.1) is 0 Å². The highest BCUT2D eigenvalue weighted by Crippen LogP contribution is 2.23. The van der Waals surface area contributed by atoms with Gasteiger partial charge in [0, 0.05) is 18.0 Å². The molecule has 0 saturated carbocycles. The van der Waals surface area contributed by atoms with Crippen molar-refractivity contribution < 1.29 is 0 Å². The fourth-order valence-corrected chi connectivity index (χ4v) is 3.47. The normalized spacial score (nSPS) is 11.1. The lowest BCUT2D eigenvalue weighted by molar-refractivity contribution is 0.566. The van der Waals surface area contributed by atoms with E-state index in [9.17, 15) is 4.79 Å². The lowest BCUT2D eigenvalue weighted by Gasteiger charge is -2.17. The highest BCUT2D eigenvalue weighted by atomic mass is 16.1. The first kappa shape index (κ1) is 17.5. The van der Waals surface area contributed by atoms with Gasteiger partial charge < -0.3 is 4.57 Å². The summed E-state index contributed by atoms with van der Waals surface area (Å²) in [5.74, 6) is 0. The van der Waals surface area contributed by atoms with Crippen LogP contribution in [0.15, 0.2) is 65.5 Å². The highest BCUT2D eigenvalue weighted by Gasteiger charge is 2.10. The van der Waals surface area contributed by atoms with E-state index in [1.165, 1.54) is 32.1 Å². The maximum absolute atomic E-state index is 12.6. The van der Waals surface area contributed by atoms with Crippen molar-refractivity contribution in [1.29, 1.82) is 0 Å². The zero-order valence-corrected chi connectivity index (χ0v) is 15.1. The van der Waals surface area contributed by atoms with Crippen molar-refractivity contribution in [3.8, 4) is 11.3 Å². The van der Waals surface area contributed by atoms with E-state index in [-0.39, 0.29) is 5.43 Å². The number of rotatable bonds is 8. The third-order valence-corrected chi connectivity index (χ3v) is 4.82. The average molecular weight is 333 g/mol. The maximum atomic E-state index is 12.6. The van der Waals surface area contributed by atoms with Crippen LogP contribution in [0.4, 0.5) is 0 Å². The molecule has 0 atom stereocenters. The van der Waals surface area contributed by atoms with Crippen molar-refractivity contribution in [2.24, 2.45) is 0 Å². The molecule has 0 saturated heterocycles. The Labute approximate surface area is 150 Å². The zero-order valence-electron chi connectivity index (χ0n) is 15.1. The summed E-state index contributed by atoms with van der Waals surface area (Å²) in [6.07, 6.45) is 7.63. The molecule has 0 aliphatic rings. The molecule has 2 nitrogen and oxygen atoms in total. The molecule has 1 heterocycles. The third kappa shape index (κ3) is 4.19. The van der Waals surface area contributed by atoms with Gasteiger partial charge in [0.05, 0.1) is 11.2 Å². The molecule has 0 fully saturated rings. The van der Waals surface area contributed by atoms with Gasteiger partial charge in [-0.3, -0.25) is 4.79 Å². The Kier molecular flexibility index (Phi) is 6.05. The molecule has 25 heavy (non-hydrogen) atoms. The molecule has 0 aliphatic heterocycles. The zero-order chi connectivity index (χ0) is 17.5. The van der Waals surface area contributed by atoms with Crippen LogP contribution >= 0.6 is 0 Å². The molecule has 130 valence electrons. The van der Waals surface area contributed by atoms with Gasteiger partial charge in [0.2, 0.25) is 0 Å². The van der Waals surface area contributed by atoms with E-state index in [1.807, 2.05) is 36.4 Å². The predicted molar refractivity (Wildman–Crippen MR) is 107 cm³/mol. The Hall–Kier alpha value is -2.35. The Morgan fingerprint density at radius 1 is 0.800 bits per heavy atom. The van der Waals surface area contributed by atoms with Gasteiger partial charge in [-0.2, -0.15) is 0 Å². The second-order valence-electron chi connectivity index (χ2n) is 6.70. The number of aromatic nitrogens is 1. The van der Waals surface area contributed by atoms with Crippen molar-refractivity contribution in [3.63, 3.8) is 0 Å². The number of benzene rings is 2. The largest absolute Gasteiger partial charge is 0.340 e. The summed E-state index contributed by atoms with van der Waals surface area (Å²) in [6, 6.07) is 20.0. The summed E-state index contributed by atoms with van der Waals surface area (Å²) in [5, 5.41) is 0.813. The Balaban J connectivity index is 1.93. The lowest BCUT2D eigenvalue weighted by Crippen LogP contribution is -2.12. The minimum atomic E-state index is 0.105. The smallest absolute Gasteiger partial charge is 0.190 e. The summed E-state index contributed by atoms with van der Waals surface area (Å²) < 4.78 is 2.33. The van der Waals surface area contributed by atoms with E-state index in [1.54, 1.807) is 6.07 Å². The fraction of sp³-hybridized carbons (Fsp3) is 0.348. The van der Waals surface area contributed by atoms with Crippen molar-refractivity contribution in [1.82, 2.24) is 4.57 Å². The van der Waals surface area contributed by atoms with Gasteiger partial charge in [-0.25, -0.2) is 0 Å². The van der Waals surface area contributed by atoms with Crippen LogP contribution in [0.1, 0.15) is 45.4 Å². The predicted octanol–water partition coefficient (Wildman–Crippen LogP) is 6.03. The van der Waals surface area contributed by atoms with Crippen LogP contribution in [0.2, 0.25) is 0 Å². The average Bonchev–Trinajstić information content (AvgIpc) is 2.66. The highest BCUT2D eigenvalue weighted by molar-refractivity contribution is 5.82. The van der Waals surface area contributed by atoms with Gasteiger partial charge in [-0.1, -0.05) is 81.5 Å². The topological polar surface area (TPSA) is 22.0 Å². The second kappa shape index (κ2) is 8.66. The summed E-state index contributed by atoms with van der Waals surface area (Å²) in [5.41, 5.74) is 3.28. The maximum Gasteiger partial charge on any atom is 0.190 e. The third-order valence-electron chi connectivity index (χ3n) is 4.82. The van der Waals surface area contributed by atoms with Gasteiger partial charge in [0.1, 0.15) is 0 Å². The molecule has 1 aromatic heterocycles. The first-order chi connectivity index (χ1) is 12.3. The van der Waals surface area contributed by atoms with Crippen LogP contribution in [0.5, 0.6) is 0 Å². The molecule has 0 radical (unpaired) electrons.